The molecule has 1 amide bonds. The Bertz CT molecular complexity index is 822. The van der Waals surface area contributed by atoms with E-state index in [1.54, 1.807) is 39.8 Å². The van der Waals surface area contributed by atoms with Crippen LogP contribution in [0.15, 0.2) is 29.1 Å². The highest BCUT2D eigenvalue weighted by atomic mass is 16.6. The molecule has 1 aromatic carbocycles. The van der Waals surface area contributed by atoms with Crippen LogP contribution in [0.1, 0.15) is 38.1 Å². The monoisotopic (exact) mass is 348 g/mol. The molecule has 0 aliphatic rings. The predicted molar refractivity (Wildman–Crippen MR) is 94.5 cm³/mol. The Hall–Kier alpha value is -2.38. The zero-order valence-electron chi connectivity index (χ0n) is 14.8. The molecule has 0 aliphatic heterocycles. The van der Waals surface area contributed by atoms with E-state index in [9.17, 15) is 19.8 Å². The largest absolute Gasteiger partial charge is 0.444 e. The molecule has 7 heteroatoms. The summed E-state index contributed by atoms with van der Waals surface area (Å²) in [5, 5.41) is 23.2. The molecule has 7 nitrogen and oxygen atoms in total. The van der Waals surface area contributed by atoms with Crippen molar-refractivity contribution in [3.8, 4) is 0 Å². The molecule has 0 saturated heterocycles. The second-order valence-electron chi connectivity index (χ2n) is 7.02. The standard InChI is InChI=1S/C18H24N2O5/c1-10-7-14(21)12-8-11(5-6-13(12)20-10)16(23)15(22)9-19-17(24)25-18(2,3)4/h5-8,15-16,22-23H,9H2,1-4H3,(H,19,24)(H,20,21). The van der Waals surface area contributed by atoms with Crippen molar-refractivity contribution in [3.63, 3.8) is 0 Å². The first-order valence-electron chi connectivity index (χ1n) is 8.03. The lowest BCUT2D eigenvalue weighted by atomic mass is 10.0. The van der Waals surface area contributed by atoms with Gasteiger partial charge in [0.05, 0.1) is 0 Å². The number of hydrogen-bond donors (Lipinski definition) is 4. The van der Waals surface area contributed by atoms with Gasteiger partial charge in [-0.1, -0.05) is 6.07 Å². The van der Waals surface area contributed by atoms with Gasteiger partial charge in [0.2, 0.25) is 0 Å². The predicted octanol–water partition coefficient (Wildman–Crippen LogP) is 1.76. The molecular weight excluding hydrogens is 324 g/mol. The smallest absolute Gasteiger partial charge is 0.407 e. The molecule has 0 radical (unpaired) electrons. The summed E-state index contributed by atoms with van der Waals surface area (Å²) in [5.74, 6) is 0. The number of nitrogens with one attached hydrogen (secondary N) is 2. The summed E-state index contributed by atoms with van der Waals surface area (Å²) in [6.45, 7) is 6.79. The average Bonchev–Trinajstić information content (AvgIpc) is 2.49. The molecule has 0 spiro atoms. The zero-order chi connectivity index (χ0) is 18.8. The van der Waals surface area contributed by atoms with Gasteiger partial charge in [-0.25, -0.2) is 4.79 Å². The lowest BCUT2D eigenvalue weighted by molar-refractivity contribution is 0.0130. The number of pyridine rings is 1. The van der Waals surface area contributed by atoms with Crippen molar-refractivity contribution >= 4 is 17.0 Å². The van der Waals surface area contributed by atoms with Gasteiger partial charge < -0.3 is 25.3 Å². The number of fused-ring (bicyclic) bond motifs is 1. The minimum absolute atomic E-state index is 0.165. The van der Waals surface area contributed by atoms with E-state index >= 15 is 0 Å². The number of carbonyl (C=O) groups is 1. The van der Waals surface area contributed by atoms with Gasteiger partial charge in [-0.05, 0) is 45.4 Å². The Morgan fingerprint density at radius 2 is 1.96 bits per heavy atom. The van der Waals surface area contributed by atoms with Crippen LogP contribution in [0.25, 0.3) is 10.9 Å². The number of amides is 1. The summed E-state index contributed by atoms with van der Waals surface area (Å²) in [4.78, 5) is 26.7. The number of alkyl carbamates (subject to hydrolysis) is 1. The average molecular weight is 348 g/mol. The quantitative estimate of drug-likeness (QED) is 0.673. The van der Waals surface area contributed by atoms with Crippen molar-refractivity contribution in [1.82, 2.24) is 10.3 Å². The molecule has 2 atom stereocenters. The Morgan fingerprint density at radius 3 is 2.60 bits per heavy atom. The summed E-state index contributed by atoms with van der Waals surface area (Å²) < 4.78 is 5.07. The molecule has 136 valence electrons. The first-order chi connectivity index (χ1) is 11.6. The Labute approximate surface area is 145 Å². The third kappa shape index (κ3) is 5.04. The van der Waals surface area contributed by atoms with Crippen LogP contribution in [-0.4, -0.2) is 39.5 Å². The molecule has 2 aromatic rings. The van der Waals surface area contributed by atoms with Crippen molar-refractivity contribution in [1.29, 1.82) is 0 Å². The number of aliphatic hydroxyl groups is 2. The molecule has 0 fully saturated rings. The van der Waals surface area contributed by atoms with Crippen molar-refractivity contribution in [2.24, 2.45) is 0 Å². The number of aromatic nitrogens is 1. The Balaban J connectivity index is 2.09. The highest BCUT2D eigenvalue weighted by Crippen LogP contribution is 2.20. The normalized spacial score (nSPS) is 14.2. The number of aromatic amines is 1. The number of ether oxygens (including phenoxy) is 1. The zero-order valence-corrected chi connectivity index (χ0v) is 14.8. The van der Waals surface area contributed by atoms with E-state index in [0.29, 0.717) is 16.5 Å². The number of aryl methyl sites for hydroxylation is 1. The molecule has 4 N–H and O–H groups in total. The van der Waals surface area contributed by atoms with Crippen molar-refractivity contribution in [3.05, 3.63) is 45.7 Å². The van der Waals surface area contributed by atoms with E-state index in [4.69, 9.17) is 4.74 Å². The molecule has 2 unspecified atom stereocenters. The third-order valence-electron chi connectivity index (χ3n) is 3.55. The van der Waals surface area contributed by atoms with Crippen LogP contribution in [0.2, 0.25) is 0 Å². The maximum Gasteiger partial charge on any atom is 0.407 e. The maximum absolute atomic E-state index is 12.1. The molecule has 1 aromatic heterocycles. The van der Waals surface area contributed by atoms with Gasteiger partial charge in [0, 0.05) is 29.2 Å². The fourth-order valence-corrected chi connectivity index (χ4v) is 2.42. The van der Waals surface area contributed by atoms with E-state index in [1.165, 1.54) is 12.1 Å². The first-order valence-corrected chi connectivity index (χ1v) is 8.03. The number of carbonyl (C=O) groups excluding carboxylic acids is 1. The second-order valence-corrected chi connectivity index (χ2v) is 7.02. The number of aliphatic hydroxyl groups excluding tert-OH is 2. The van der Waals surface area contributed by atoms with Crippen LogP contribution < -0.4 is 10.7 Å². The second kappa shape index (κ2) is 7.25. The summed E-state index contributed by atoms with van der Waals surface area (Å²) in [6, 6.07) is 6.31. The maximum atomic E-state index is 12.1. The van der Waals surface area contributed by atoms with Crippen molar-refractivity contribution in [2.75, 3.05) is 6.54 Å². The molecule has 0 bridgehead atoms. The van der Waals surface area contributed by atoms with E-state index in [1.807, 2.05) is 0 Å². The topological polar surface area (TPSA) is 112 Å². The Kier molecular flexibility index (Phi) is 5.49. The Morgan fingerprint density at radius 1 is 1.28 bits per heavy atom. The van der Waals surface area contributed by atoms with E-state index in [-0.39, 0.29) is 12.0 Å². The van der Waals surface area contributed by atoms with Crippen LogP contribution in [-0.2, 0) is 4.74 Å². The van der Waals surface area contributed by atoms with Crippen molar-refractivity contribution in [2.45, 2.75) is 45.5 Å². The molecule has 0 aliphatic carbocycles. The number of benzene rings is 1. The van der Waals surface area contributed by atoms with Gasteiger partial charge in [-0.3, -0.25) is 4.79 Å². The fraction of sp³-hybridized carbons (Fsp3) is 0.444. The van der Waals surface area contributed by atoms with Gasteiger partial charge in [-0.15, -0.1) is 0 Å². The summed E-state index contributed by atoms with van der Waals surface area (Å²) in [6.07, 6.45) is -3.17. The molecular formula is C18H24N2O5. The number of H-pyrrole nitrogens is 1. The van der Waals surface area contributed by atoms with Crippen LogP contribution in [0.4, 0.5) is 4.79 Å². The highest BCUT2D eigenvalue weighted by Gasteiger charge is 2.22. The minimum Gasteiger partial charge on any atom is -0.444 e. The number of rotatable bonds is 4. The van der Waals surface area contributed by atoms with Gasteiger partial charge in [0.1, 0.15) is 17.8 Å². The summed E-state index contributed by atoms with van der Waals surface area (Å²) >= 11 is 0. The summed E-state index contributed by atoms with van der Waals surface area (Å²) in [5.41, 5.74) is 0.974. The first kappa shape index (κ1) is 19.0. The fourth-order valence-electron chi connectivity index (χ4n) is 2.42. The third-order valence-corrected chi connectivity index (χ3v) is 3.55. The van der Waals surface area contributed by atoms with E-state index < -0.39 is 23.9 Å². The van der Waals surface area contributed by atoms with Gasteiger partial charge >= 0.3 is 6.09 Å². The van der Waals surface area contributed by atoms with E-state index in [0.717, 1.165) is 5.69 Å². The SMILES string of the molecule is Cc1cc(=O)c2cc(C(O)C(O)CNC(=O)OC(C)(C)C)ccc2[nH]1. The lowest BCUT2D eigenvalue weighted by Gasteiger charge is -2.22. The minimum atomic E-state index is -1.25. The van der Waals surface area contributed by atoms with Crippen LogP contribution in [0.3, 0.4) is 0 Å². The molecule has 2 rings (SSSR count). The van der Waals surface area contributed by atoms with Crippen LogP contribution >= 0.6 is 0 Å². The lowest BCUT2D eigenvalue weighted by Crippen LogP contribution is -2.38. The molecule has 0 saturated carbocycles. The highest BCUT2D eigenvalue weighted by molar-refractivity contribution is 5.79. The van der Waals surface area contributed by atoms with E-state index in [2.05, 4.69) is 10.3 Å². The van der Waals surface area contributed by atoms with Crippen LogP contribution in [0.5, 0.6) is 0 Å². The molecule has 1 heterocycles. The van der Waals surface area contributed by atoms with Crippen molar-refractivity contribution < 1.29 is 19.7 Å². The van der Waals surface area contributed by atoms with Gasteiger partial charge in [0.25, 0.3) is 0 Å². The summed E-state index contributed by atoms with van der Waals surface area (Å²) in [7, 11) is 0. The van der Waals surface area contributed by atoms with Crippen LogP contribution in [0, 0.1) is 6.92 Å². The molecule has 25 heavy (non-hydrogen) atoms. The van der Waals surface area contributed by atoms with Gasteiger partial charge in [0.15, 0.2) is 5.43 Å². The van der Waals surface area contributed by atoms with Gasteiger partial charge in [-0.2, -0.15) is 0 Å². The number of hydrogen-bond acceptors (Lipinski definition) is 5.